The molecule has 3 aromatic rings. The largest absolute Gasteiger partial charge is 0.366 e. The highest BCUT2D eigenvalue weighted by Crippen LogP contribution is 2.52. The quantitative estimate of drug-likeness (QED) is 0.314. The van der Waals surface area contributed by atoms with Gasteiger partial charge in [0.05, 0.1) is 28.4 Å². The van der Waals surface area contributed by atoms with Crippen LogP contribution in [0.25, 0.3) is 0 Å². The molecule has 4 N–H and O–H groups in total. The molecule has 2 amide bonds. The van der Waals surface area contributed by atoms with Crippen molar-refractivity contribution >= 4 is 40.7 Å². The number of para-hydroxylation sites is 1. The first-order chi connectivity index (χ1) is 18.8. The van der Waals surface area contributed by atoms with Crippen molar-refractivity contribution in [1.82, 2.24) is 5.32 Å². The fraction of sp³-hybridized carbons (Fsp3) is 0.300. The minimum atomic E-state index is -1.77. The van der Waals surface area contributed by atoms with Gasteiger partial charge in [-0.25, -0.2) is 8.78 Å². The normalized spacial score (nSPS) is 22.5. The van der Waals surface area contributed by atoms with E-state index in [1.54, 1.807) is 12.1 Å². The molecule has 0 aliphatic carbocycles. The SMILES string of the molecule is CC(C)(C)C[C@@H]1N[C@@H](C(=O)Nc2ccccc2C(N)=O)[C@H](c2cccc(Cl)c2F)[C@@]1(C#N)c1ccc(Cl)cc1F. The highest BCUT2D eigenvalue weighted by atomic mass is 35.5. The minimum absolute atomic E-state index is 0.0293. The first-order valence-corrected chi connectivity index (χ1v) is 13.3. The van der Waals surface area contributed by atoms with Gasteiger partial charge in [0.2, 0.25) is 5.91 Å². The van der Waals surface area contributed by atoms with Crippen LogP contribution in [0.5, 0.6) is 0 Å². The van der Waals surface area contributed by atoms with Gasteiger partial charge in [-0.1, -0.05) is 74.3 Å². The van der Waals surface area contributed by atoms with Crippen LogP contribution in [0.3, 0.4) is 0 Å². The van der Waals surface area contributed by atoms with E-state index in [0.717, 1.165) is 6.07 Å². The Morgan fingerprint density at radius 1 is 1.10 bits per heavy atom. The summed E-state index contributed by atoms with van der Waals surface area (Å²) in [5.74, 6) is -4.24. The summed E-state index contributed by atoms with van der Waals surface area (Å²) in [5.41, 5.74) is 3.50. The Balaban J connectivity index is 1.98. The van der Waals surface area contributed by atoms with E-state index >= 15 is 8.78 Å². The zero-order valence-corrected chi connectivity index (χ0v) is 23.6. The van der Waals surface area contributed by atoms with E-state index in [-0.39, 0.29) is 37.8 Å². The number of anilines is 1. The third kappa shape index (κ3) is 5.42. The van der Waals surface area contributed by atoms with Crippen LogP contribution < -0.4 is 16.4 Å². The van der Waals surface area contributed by atoms with Crippen LogP contribution in [0, 0.1) is 28.4 Å². The lowest BCUT2D eigenvalue weighted by Gasteiger charge is -2.37. The summed E-state index contributed by atoms with van der Waals surface area (Å²) in [6.45, 7) is 5.83. The van der Waals surface area contributed by atoms with Gasteiger partial charge in [0, 0.05) is 22.5 Å². The molecule has 1 aliphatic heterocycles. The Kier molecular flexibility index (Phi) is 8.23. The van der Waals surface area contributed by atoms with Crippen molar-refractivity contribution in [3.05, 3.63) is 99.0 Å². The number of nitrogens with zero attached hydrogens (tertiary/aromatic N) is 1. The molecule has 4 rings (SSSR count). The predicted octanol–water partition coefficient (Wildman–Crippen LogP) is 6.33. The first-order valence-electron chi connectivity index (χ1n) is 12.6. The summed E-state index contributed by atoms with van der Waals surface area (Å²) in [5, 5.41) is 16.7. The van der Waals surface area contributed by atoms with Gasteiger partial charge in [0.15, 0.2) is 0 Å². The van der Waals surface area contributed by atoms with Gasteiger partial charge in [0.1, 0.15) is 17.0 Å². The fourth-order valence-electron chi connectivity index (χ4n) is 5.57. The maximum atomic E-state index is 15.7. The molecule has 0 spiro atoms. The van der Waals surface area contributed by atoms with Crippen LogP contribution in [0.15, 0.2) is 60.7 Å². The van der Waals surface area contributed by atoms with E-state index in [1.807, 2.05) is 20.8 Å². The van der Waals surface area contributed by atoms with Crippen molar-refractivity contribution in [2.45, 2.75) is 50.6 Å². The van der Waals surface area contributed by atoms with Crippen molar-refractivity contribution in [3.8, 4) is 6.07 Å². The van der Waals surface area contributed by atoms with Crippen molar-refractivity contribution in [1.29, 1.82) is 5.26 Å². The lowest BCUT2D eigenvalue weighted by Crippen LogP contribution is -2.45. The number of hydrogen-bond donors (Lipinski definition) is 3. The maximum Gasteiger partial charge on any atom is 0.250 e. The second-order valence-electron chi connectivity index (χ2n) is 11.1. The molecule has 0 radical (unpaired) electrons. The van der Waals surface area contributed by atoms with E-state index in [0.29, 0.717) is 6.42 Å². The highest BCUT2D eigenvalue weighted by Gasteiger charge is 2.61. The van der Waals surface area contributed by atoms with Gasteiger partial charge in [0.25, 0.3) is 5.91 Å². The summed E-state index contributed by atoms with van der Waals surface area (Å²) in [7, 11) is 0. The maximum absolute atomic E-state index is 15.7. The van der Waals surface area contributed by atoms with Crippen molar-refractivity contribution in [2.75, 3.05) is 5.32 Å². The molecule has 6 nitrogen and oxygen atoms in total. The zero-order chi connectivity index (χ0) is 29.4. The van der Waals surface area contributed by atoms with Crippen LogP contribution in [0.2, 0.25) is 10.0 Å². The average Bonchev–Trinajstić information content (AvgIpc) is 3.19. The van der Waals surface area contributed by atoms with Gasteiger partial charge in [-0.2, -0.15) is 5.26 Å². The molecule has 40 heavy (non-hydrogen) atoms. The molecule has 1 aliphatic rings. The summed E-state index contributed by atoms with van der Waals surface area (Å²) >= 11 is 12.2. The smallest absolute Gasteiger partial charge is 0.250 e. The third-order valence-corrected chi connectivity index (χ3v) is 7.71. The number of carbonyl (C=O) groups is 2. The standard InChI is InChI=1S/C30H28Cl2F2N4O2/c1-29(2,3)14-23-30(15-35,19-12-11-16(31)13-21(19)33)24(18-8-6-9-20(32)25(18)34)26(38-23)28(40)37-22-10-5-4-7-17(22)27(36)39/h4-13,23-24,26,38H,14H2,1-3H3,(H2,36,39)(H,37,40)/t23-,24-,26+,30-/m0/s1. The average molecular weight is 585 g/mol. The number of nitrogens with one attached hydrogen (secondary N) is 2. The van der Waals surface area contributed by atoms with Crippen molar-refractivity contribution in [2.24, 2.45) is 11.1 Å². The monoisotopic (exact) mass is 584 g/mol. The Morgan fingerprint density at radius 2 is 1.80 bits per heavy atom. The molecule has 0 saturated carbocycles. The van der Waals surface area contributed by atoms with E-state index in [2.05, 4.69) is 16.7 Å². The molecule has 1 heterocycles. The highest BCUT2D eigenvalue weighted by molar-refractivity contribution is 6.31. The Bertz CT molecular complexity index is 1520. The Morgan fingerprint density at radius 3 is 2.42 bits per heavy atom. The topological polar surface area (TPSA) is 108 Å². The van der Waals surface area contributed by atoms with Crippen LogP contribution in [-0.2, 0) is 10.2 Å². The number of hydrogen-bond acceptors (Lipinski definition) is 4. The van der Waals surface area contributed by atoms with Crippen LogP contribution in [0.1, 0.15) is 54.6 Å². The molecule has 208 valence electrons. The number of nitrogens with two attached hydrogens (primary N) is 1. The second-order valence-corrected chi connectivity index (χ2v) is 11.9. The number of carbonyl (C=O) groups excluding carboxylic acids is 2. The third-order valence-electron chi connectivity index (χ3n) is 7.18. The zero-order valence-electron chi connectivity index (χ0n) is 22.1. The van der Waals surface area contributed by atoms with Gasteiger partial charge >= 0.3 is 0 Å². The molecule has 0 unspecified atom stereocenters. The summed E-state index contributed by atoms with van der Waals surface area (Å²) < 4.78 is 31.4. The number of nitriles is 1. The van der Waals surface area contributed by atoms with E-state index < -0.39 is 46.9 Å². The van der Waals surface area contributed by atoms with E-state index in [9.17, 15) is 14.9 Å². The lowest BCUT2D eigenvalue weighted by atomic mass is 9.62. The molecular weight excluding hydrogens is 557 g/mol. The molecular formula is C30H28Cl2F2N4O2. The summed E-state index contributed by atoms with van der Waals surface area (Å²) in [6.07, 6.45) is 0.322. The Hall–Kier alpha value is -3.51. The van der Waals surface area contributed by atoms with E-state index in [4.69, 9.17) is 28.9 Å². The van der Waals surface area contributed by atoms with Crippen molar-refractivity contribution < 1.29 is 18.4 Å². The predicted molar refractivity (Wildman–Crippen MR) is 151 cm³/mol. The second kappa shape index (κ2) is 11.2. The van der Waals surface area contributed by atoms with Crippen LogP contribution >= 0.6 is 23.2 Å². The van der Waals surface area contributed by atoms with Crippen molar-refractivity contribution in [3.63, 3.8) is 0 Å². The lowest BCUT2D eigenvalue weighted by molar-refractivity contribution is -0.118. The fourth-order valence-corrected chi connectivity index (χ4v) is 5.91. The molecule has 1 saturated heterocycles. The summed E-state index contributed by atoms with van der Waals surface area (Å²) in [6, 6.07) is 14.7. The summed E-state index contributed by atoms with van der Waals surface area (Å²) in [4.78, 5) is 25.9. The molecule has 1 fully saturated rings. The first kappa shape index (κ1) is 29.5. The minimum Gasteiger partial charge on any atom is -0.366 e. The molecule has 10 heteroatoms. The van der Waals surface area contributed by atoms with Gasteiger partial charge in [-0.15, -0.1) is 0 Å². The number of halogens is 4. The molecule has 4 atom stereocenters. The molecule has 0 bridgehead atoms. The van der Waals surface area contributed by atoms with Crippen LogP contribution in [0.4, 0.5) is 14.5 Å². The number of rotatable bonds is 6. The van der Waals surface area contributed by atoms with Gasteiger partial charge in [-0.3, -0.25) is 9.59 Å². The Labute approximate surface area is 241 Å². The van der Waals surface area contributed by atoms with E-state index in [1.165, 1.54) is 42.5 Å². The number of amides is 2. The van der Waals surface area contributed by atoms with Gasteiger partial charge in [-0.05, 0) is 47.7 Å². The number of benzene rings is 3. The van der Waals surface area contributed by atoms with Gasteiger partial charge < -0.3 is 16.4 Å². The molecule has 0 aromatic heterocycles. The number of primary amides is 1. The molecule has 3 aromatic carbocycles. The van der Waals surface area contributed by atoms with Crippen LogP contribution in [-0.4, -0.2) is 23.9 Å².